The van der Waals surface area contributed by atoms with Crippen LogP contribution in [0.3, 0.4) is 0 Å². The molecule has 0 aromatic heterocycles. The average Bonchev–Trinajstić information content (AvgIpc) is 2.72. The molecular formula is C15H31N3. The third-order valence-corrected chi connectivity index (χ3v) is 5.39. The van der Waals surface area contributed by atoms with Gasteiger partial charge in [0, 0.05) is 18.6 Å². The van der Waals surface area contributed by atoms with Crippen molar-refractivity contribution in [1.82, 2.24) is 9.80 Å². The molecule has 106 valence electrons. The summed E-state index contributed by atoms with van der Waals surface area (Å²) in [5, 5.41) is 0. The van der Waals surface area contributed by atoms with Gasteiger partial charge in [-0.3, -0.25) is 4.90 Å². The number of rotatable bonds is 4. The first-order chi connectivity index (χ1) is 8.58. The molecule has 0 aromatic carbocycles. The maximum atomic E-state index is 6.16. The standard InChI is InChI=1S/C15H31N3/c1-13-5-4-8-15(13,12-16)18-9-6-14(7-10-18)11-17(2)3/h13-14H,4-12,16H2,1-3H3. The van der Waals surface area contributed by atoms with Gasteiger partial charge in [-0.2, -0.15) is 0 Å². The van der Waals surface area contributed by atoms with Crippen molar-refractivity contribution in [3.05, 3.63) is 0 Å². The first-order valence-corrected chi connectivity index (χ1v) is 7.68. The van der Waals surface area contributed by atoms with Crippen molar-refractivity contribution in [3.63, 3.8) is 0 Å². The van der Waals surface area contributed by atoms with Crippen LogP contribution in [0.5, 0.6) is 0 Å². The fourth-order valence-electron chi connectivity index (χ4n) is 4.21. The SMILES string of the molecule is CC1CCCC1(CN)N1CCC(CN(C)C)CC1. The molecule has 2 fully saturated rings. The fraction of sp³-hybridized carbons (Fsp3) is 1.00. The van der Waals surface area contributed by atoms with Gasteiger partial charge in [-0.25, -0.2) is 0 Å². The lowest BCUT2D eigenvalue weighted by molar-refractivity contribution is 0.0276. The van der Waals surface area contributed by atoms with Crippen LogP contribution in [0.1, 0.15) is 39.0 Å². The van der Waals surface area contributed by atoms with Crippen LogP contribution in [0.25, 0.3) is 0 Å². The summed E-state index contributed by atoms with van der Waals surface area (Å²) in [5.74, 6) is 1.68. The van der Waals surface area contributed by atoms with Gasteiger partial charge in [-0.1, -0.05) is 13.3 Å². The van der Waals surface area contributed by atoms with Crippen LogP contribution in [-0.4, -0.2) is 55.6 Å². The van der Waals surface area contributed by atoms with Gasteiger partial charge in [-0.05, 0) is 64.7 Å². The number of nitrogens with two attached hydrogens (primary N) is 1. The predicted molar refractivity (Wildman–Crippen MR) is 77.7 cm³/mol. The Balaban J connectivity index is 1.92. The van der Waals surface area contributed by atoms with Crippen molar-refractivity contribution < 1.29 is 0 Å². The maximum absolute atomic E-state index is 6.16. The third kappa shape index (κ3) is 2.73. The topological polar surface area (TPSA) is 32.5 Å². The Bertz CT molecular complexity index is 258. The van der Waals surface area contributed by atoms with Crippen LogP contribution >= 0.6 is 0 Å². The van der Waals surface area contributed by atoms with Crippen LogP contribution in [0, 0.1) is 11.8 Å². The molecule has 1 aliphatic carbocycles. The monoisotopic (exact) mass is 253 g/mol. The molecule has 0 bridgehead atoms. The van der Waals surface area contributed by atoms with Crippen LogP contribution in [0.4, 0.5) is 0 Å². The second kappa shape index (κ2) is 5.89. The molecule has 1 aliphatic heterocycles. The Morgan fingerprint density at radius 3 is 2.33 bits per heavy atom. The van der Waals surface area contributed by atoms with Crippen molar-refractivity contribution in [1.29, 1.82) is 0 Å². The van der Waals surface area contributed by atoms with Gasteiger partial charge < -0.3 is 10.6 Å². The van der Waals surface area contributed by atoms with Gasteiger partial charge in [-0.15, -0.1) is 0 Å². The molecule has 1 saturated carbocycles. The summed E-state index contributed by atoms with van der Waals surface area (Å²) < 4.78 is 0. The molecule has 18 heavy (non-hydrogen) atoms. The van der Waals surface area contributed by atoms with Gasteiger partial charge in [0.25, 0.3) is 0 Å². The van der Waals surface area contributed by atoms with Crippen LogP contribution in [0.2, 0.25) is 0 Å². The van der Waals surface area contributed by atoms with Crippen molar-refractivity contribution in [3.8, 4) is 0 Å². The smallest absolute Gasteiger partial charge is 0.0357 e. The molecule has 2 atom stereocenters. The lowest BCUT2D eigenvalue weighted by atomic mass is 9.83. The number of hydrogen-bond acceptors (Lipinski definition) is 3. The molecule has 2 unspecified atom stereocenters. The minimum absolute atomic E-state index is 0.336. The van der Waals surface area contributed by atoms with E-state index < -0.39 is 0 Å². The highest BCUT2D eigenvalue weighted by molar-refractivity contribution is 5.01. The van der Waals surface area contributed by atoms with E-state index in [1.165, 1.54) is 51.7 Å². The summed E-state index contributed by atoms with van der Waals surface area (Å²) in [4.78, 5) is 5.06. The zero-order chi connectivity index (χ0) is 13.2. The zero-order valence-electron chi connectivity index (χ0n) is 12.5. The normalized spacial score (nSPS) is 35.5. The van der Waals surface area contributed by atoms with E-state index in [-0.39, 0.29) is 0 Å². The highest BCUT2D eigenvalue weighted by Crippen LogP contribution is 2.41. The first-order valence-electron chi connectivity index (χ1n) is 7.68. The molecular weight excluding hydrogens is 222 g/mol. The molecule has 0 amide bonds. The van der Waals surface area contributed by atoms with E-state index in [0.29, 0.717) is 5.54 Å². The predicted octanol–water partition coefficient (Wildman–Crippen LogP) is 1.78. The van der Waals surface area contributed by atoms with Crippen molar-refractivity contribution in [2.24, 2.45) is 17.6 Å². The van der Waals surface area contributed by atoms with Crippen molar-refractivity contribution in [2.75, 3.05) is 40.3 Å². The van der Waals surface area contributed by atoms with Crippen LogP contribution in [0.15, 0.2) is 0 Å². The number of piperidine rings is 1. The molecule has 2 aliphatic rings. The molecule has 0 aromatic rings. The summed E-state index contributed by atoms with van der Waals surface area (Å²) in [7, 11) is 4.37. The lowest BCUT2D eigenvalue weighted by Gasteiger charge is -2.47. The summed E-state index contributed by atoms with van der Waals surface area (Å²) in [6, 6.07) is 0. The van der Waals surface area contributed by atoms with Crippen LogP contribution < -0.4 is 5.73 Å². The molecule has 0 radical (unpaired) electrons. The summed E-state index contributed by atoms with van der Waals surface area (Å²) in [6.07, 6.45) is 6.77. The van der Waals surface area contributed by atoms with E-state index in [2.05, 4.69) is 30.8 Å². The number of nitrogens with zero attached hydrogens (tertiary/aromatic N) is 2. The molecule has 1 saturated heterocycles. The van der Waals surface area contributed by atoms with E-state index in [0.717, 1.165) is 18.4 Å². The van der Waals surface area contributed by atoms with Gasteiger partial charge in [0.15, 0.2) is 0 Å². The second-order valence-electron chi connectivity index (χ2n) is 6.79. The lowest BCUT2D eigenvalue weighted by Crippen LogP contribution is -2.58. The minimum Gasteiger partial charge on any atom is -0.329 e. The molecule has 2 rings (SSSR count). The number of likely N-dealkylation sites (tertiary alicyclic amines) is 1. The molecule has 3 nitrogen and oxygen atoms in total. The average molecular weight is 253 g/mol. The largest absolute Gasteiger partial charge is 0.329 e. The highest BCUT2D eigenvalue weighted by atomic mass is 15.2. The van der Waals surface area contributed by atoms with E-state index in [1.54, 1.807) is 0 Å². The minimum atomic E-state index is 0.336. The molecule has 0 spiro atoms. The van der Waals surface area contributed by atoms with Gasteiger partial charge in [0.1, 0.15) is 0 Å². The Kier molecular flexibility index (Phi) is 4.68. The van der Waals surface area contributed by atoms with E-state index >= 15 is 0 Å². The van der Waals surface area contributed by atoms with Crippen LogP contribution in [-0.2, 0) is 0 Å². The maximum Gasteiger partial charge on any atom is 0.0357 e. The zero-order valence-corrected chi connectivity index (χ0v) is 12.5. The Labute approximate surface area is 113 Å². The molecule has 2 N–H and O–H groups in total. The Morgan fingerprint density at radius 2 is 1.89 bits per heavy atom. The summed E-state index contributed by atoms with van der Waals surface area (Å²) in [6.45, 7) is 7.04. The van der Waals surface area contributed by atoms with Gasteiger partial charge >= 0.3 is 0 Å². The Morgan fingerprint density at radius 1 is 1.22 bits per heavy atom. The van der Waals surface area contributed by atoms with E-state index in [1.807, 2.05) is 0 Å². The first kappa shape index (κ1) is 14.3. The molecule has 3 heteroatoms. The van der Waals surface area contributed by atoms with E-state index in [9.17, 15) is 0 Å². The quantitative estimate of drug-likeness (QED) is 0.829. The molecule has 1 heterocycles. The Hall–Kier alpha value is -0.120. The fourth-order valence-corrected chi connectivity index (χ4v) is 4.21. The van der Waals surface area contributed by atoms with Crippen molar-refractivity contribution >= 4 is 0 Å². The third-order valence-electron chi connectivity index (χ3n) is 5.39. The number of hydrogen-bond donors (Lipinski definition) is 1. The van der Waals surface area contributed by atoms with E-state index in [4.69, 9.17) is 5.73 Å². The summed E-state index contributed by atoms with van der Waals surface area (Å²) >= 11 is 0. The van der Waals surface area contributed by atoms with Gasteiger partial charge in [0.2, 0.25) is 0 Å². The van der Waals surface area contributed by atoms with Crippen molar-refractivity contribution in [2.45, 2.75) is 44.6 Å². The highest BCUT2D eigenvalue weighted by Gasteiger charge is 2.44. The van der Waals surface area contributed by atoms with Gasteiger partial charge in [0.05, 0.1) is 0 Å². The summed E-state index contributed by atoms with van der Waals surface area (Å²) in [5.41, 5.74) is 6.49. The second-order valence-corrected chi connectivity index (χ2v) is 6.79.